The molecule has 0 aliphatic rings. The second-order valence-electron chi connectivity index (χ2n) is 5.03. The maximum atomic E-state index is 12.2. The number of rotatable bonds is 4. The number of hydrogen-bond donors (Lipinski definition) is 2. The molecule has 3 rings (SSSR count). The van der Waals surface area contributed by atoms with E-state index in [1.54, 1.807) is 48.5 Å². The Morgan fingerprint density at radius 1 is 0.875 bits per heavy atom. The highest BCUT2D eigenvalue weighted by Gasteiger charge is 2.07. The zero-order valence-corrected chi connectivity index (χ0v) is 14.0. The number of halogens is 2. The number of pyridine rings is 1. The second-order valence-corrected chi connectivity index (χ2v) is 5.90. The third-order valence-corrected chi connectivity index (χ3v) is 3.71. The molecule has 0 radical (unpaired) electrons. The first kappa shape index (κ1) is 16.3. The Hall–Kier alpha value is -2.56. The summed E-state index contributed by atoms with van der Waals surface area (Å²) in [6.45, 7) is 0. The Balaban J connectivity index is 1.67. The van der Waals surface area contributed by atoms with Gasteiger partial charge in [0, 0.05) is 27.6 Å². The van der Waals surface area contributed by atoms with E-state index in [2.05, 4.69) is 15.6 Å². The summed E-state index contributed by atoms with van der Waals surface area (Å²) in [5.41, 5.74) is 1.96. The van der Waals surface area contributed by atoms with E-state index in [4.69, 9.17) is 23.2 Å². The van der Waals surface area contributed by atoms with Gasteiger partial charge in [-0.1, -0.05) is 29.3 Å². The van der Waals surface area contributed by atoms with Crippen LogP contribution in [0.15, 0.2) is 66.9 Å². The van der Waals surface area contributed by atoms with Crippen molar-refractivity contribution in [1.29, 1.82) is 0 Å². The molecule has 0 atom stereocenters. The lowest BCUT2D eigenvalue weighted by Gasteiger charge is -2.08. The minimum atomic E-state index is -0.237. The fourth-order valence-corrected chi connectivity index (χ4v) is 2.37. The molecule has 3 aromatic rings. The summed E-state index contributed by atoms with van der Waals surface area (Å²) >= 11 is 11.8. The van der Waals surface area contributed by atoms with E-state index in [0.29, 0.717) is 27.1 Å². The Bertz CT molecular complexity index is 849. The summed E-state index contributed by atoms with van der Waals surface area (Å²) in [6, 6.07) is 17.7. The number of carbonyl (C=O) groups is 1. The Kier molecular flexibility index (Phi) is 4.99. The first-order valence-electron chi connectivity index (χ1n) is 7.16. The van der Waals surface area contributed by atoms with Crippen molar-refractivity contribution < 1.29 is 4.79 Å². The molecule has 0 aliphatic heterocycles. The summed E-state index contributed by atoms with van der Waals surface area (Å²) in [5.74, 6) is 0.388. The highest BCUT2D eigenvalue weighted by Crippen LogP contribution is 2.19. The van der Waals surface area contributed by atoms with Crippen LogP contribution in [0.3, 0.4) is 0 Å². The van der Waals surface area contributed by atoms with E-state index in [1.165, 1.54) is 6.20 Å². The van der Waals surface area contributed by atoms with Crippen LogP contribution >= 0.6 is 23.2 Å². The maximum absolute atomic E-state index is 12.2. The molecule has 1 aromatic heterocycles. The van der Waals surface area contributed by atoms with Crippen molar-refractivity contribution in [2.75, 3.05) is 10.6 Å². The van der Waals surface area contributed by atoms with Gasteiger partial charge in [0.15, 0.2) is 0 Å². The molecule has 120 valence electrons. The molecular weight excluding hydrogens is 345 g/mol. The maximum Gasteiger partial charge on any atom is 0.257 e. The molecule has 0 saturated heterocycles. The number of benzene rings is 2. The van der Waals surface area contributed by atoms with E-state index < -0.39 is 0 Å². The minimum absolute atomic E-state index is 0.237. The fraction of sp³-hybridized carbons (Fsp3) is 0. The van der Waals surface area contributed by atoms with Crippen molar-refractivity contribution in [3.05, 3.63) is 82.5 Å². The summed E-state index contributed by atoms with van der Waals surface area (Å²) in [6.07, 6.45) is 1.51. The average molecular weight is 358 g/mol. The first-order chi connectivity index (χ1) is 11.6. The van der Waals surface area contributed by atoms with Gasteiger partial charge in [-0.3, -0.25) is 4.79 Å². The van der Waals surface area contributed by atoms with Gasteiger partial charge >= 0.3 is 0 Å². The molecule has 2 N–H and O–H groups in total. The molecule has 0 fully saturated rings. The van der Waals surface area contributed by atoms with Crippen LogP contribution in [0, 0.1) is 0 Å². The fourth-order valence-electron chi connectivity index (χ4n) is 2.05. The standard InChI is InChI=1S/C18H13Cl2N3O/c19-13-5-7-15(8-6-13)23-18(24)12-4-9-17(21-11-12)22-16-3-1-2-14(20)10-16/h1-11H,(H,21,22)(H,23,24). The normalized spacial score (nSPS) is 10.2. The van der Waals surface area contributed by atoms with E-state index in [0.717, 1.165) is 5.69 Å². The third kappa shape index (κ3) is 4.25. The SMILES string of the molecule is O=C(Nc1ccc(Cl)cc1)c1ccc(Nc2cccc(Cl)c2)nc1. The summed E-state index contributed by atoms with van der Waals surface area (Å²) in [4.78, 5) is 16.4. The van der Waals surface area contributed by atoms with Crippen molar-refractivity contribution in [2.24, 2.45) is 0 Å². The third-order valence-electron chi connectivity index (χ3n) is 3.22. The Labute approximate surface area is 149 Å². The van der Waals surface area contributed by atoms with Crippen LogP contribution in [0.2, 0.25) is 10.0 Å². The van der Waals surface area contributed by atoms with Gasteiger partial charge in [-0.25, -0.2) is 4.98 Å². The van der Waals surface area contributed by atoms with E-state index in [1.807, 2.05) is 12.1 Å². The van der Waals surface area contributed by atoms with Gasteiger partial charge in [-0.05, 0) is 54.6 Å². The molecule has 0 aliphatic carbocycles. The van der Waals surface area contributed by atoms with Gasteiger partial charge in [0.1, 0.15) is 5.82 Å². The van der Waals surface area contributed by atoms with Gasteiger partial charge in [0.2, 0.25) is 0 Å². The smallest absolute Gasteiger partial charge is 0.257 e. The molecule has 0 saturated carbocycles. The molecule has 2 aromatic carbocycles. The van der Waals surface area contributed by atoms with Crippen LogP contribution in [0.4, 0.5) is 17.2 Å². The lowest BCUT2D eigenvalue weighted by molar-refractivity contribution is 0.102. The predicted molar refractivity (Wildman–Crippen MR) is 98.4 cm³/mol. The van der Waals surface area contributed by atoms with E-state index in [-0.39, 0.29) is 5.91 Å². The van der Waals surface area contributed by atoms with Gasteiger partial charge in [-0.2, -0.15) is 0 Å². The largest absolute Gasteiger partial charge is 0.340 e. The molecule has 6 heteroatoms. The second kappa shape index (κ2) is 7.34. The predicted octanol–water partition coefficient (Wildman–Crippen LogP) is 5.38. The molecule has 4 nitrogen and oxygen atoms in total. The first-order valence-corrected chi connectivity index (χ1v) is 7.91. The summed E-state index contributed by atoms with van der Waals surface area (Å²) in [7, 11) is 0. The highest BCUT2D eigenvalue weighted by molar-refractivity contribution is 6.31. The van der Waals surface area contributed by atoms with Crippen LogP contribution in [-0.2, 0) is 0 Å². The zero-order valence-electron chi connectivity index (χ0n) is 12.5. The molecule has 1 heterocycles. The molecule has 24 heavy (non-hydrogen) atoms. The van der Waals surface area contributed by atoms with Crippen molar-refractivity contribution in [2.45, 2.75) is 0 Å². The van der Waals surface area contributed by atoms with Crippen LogP contribution in [0.1, 0.15) is 10.4 Å². The number of nitrogens with zero attached hydrogens (tertiary/aromatic N) is 1. The number of amides is 1. The molecular formula is C18H13Cl2N3O. The van der Waals surface area contributed by atoms with Crippen LogP contribution in [-0.4, -0.2) is 10.9 Å². The zero-order chi connectivity index (χ0) is 16.9. The number of anilines is 3. The van der Waals surface area contributed by atoms with Crippen molar-refractivity contribution >= 4 is 46.3 Å². The Morgan fingerprint density at radius 2 is 1.67 bits per heavy atom. The van der Waals surface area contributed by atoms with Crippen LogP contribution < -0.4 is 10.6 Å². The number of hydrogen-bond acceptors (Lipinski definition) is 3. The summed E-state index contributed by atoms with van der Waals surface area (Å²) in [5, 5.41) is 7.17. The minimum Gasteiger partial charge on any atom is -0.340 e. The van der Waals surface area contributed by atoms with Crippen molar-refractivity contribution in [3.63, 3.8) is 0 Å². The van der Waals surface area contributed by atoms with Crippen molar-refractivity contribution in [3.8, 4) is 0 Å². The number of carbonyl (C=O) groups excluding carboxylic acids is 1. The summed E-state index contributed by atoms with van der Waals surface area (Å²) < 4.78 is 0. The lowest BCUT2D eigenvalue weighted by atomic mass is 10.2. The van der Waals surface area contributed by atoms with E-state index in [9.17, 15) is 4.79 Å². The topological polar surface area (TPSA) is 54.0 Å². The quantitative estimate of drug-likeness (QED) is 0.658. The van der Waals surface area contributed by atoms with Crippen LogP contribution in [0.5, 0.6) is 0 Å². The Morgan fingerprint density at radius 3 is 2.33 bits per heavy atom. The highest BCUT2D eigenvalue weighted by atomic mass is 35.5. The molecule has 1 amide bonds. The molecule has 0 bridgehead atoms. The lowest BCUT2D eigenvalue weighted by Crippen LogP contribution is -2.12. The van der Waals surface area contributed by atoms with Gasteiger partial charge in [0.05, 0.1) is 5.56 Å². The molecule has 0 spiro atoms. The van der Waals surface area contributed by atoms with Crippen molar-refractivity contribution in [1.82, 2.24) is 4.98 Å². The number of aromatic nitrogens is 1. The van der Waals surface area contributed by atoms with Crippen LogP contribution in [0.25, 0.3) is 0 Å². The molecule has 0 unspecified atom stereocenters. The monoisotopic (exact) mass is 357 g/mol. The average Bonchev–Trinajstić information content (AvgIpc) is 2.57. The van der Waals surface area contributed by atoms with Gasteiger partial charge in [-0.15, -0.1) is 0 Å². The van der Waals surface area contributed by atoms with E-state index >= 15 is 0 Å². The number of nitrogens with one attached hydrogen (secondary N) is 2. The van der Waals surface area contributed by atoms with Gasteiger partial charge in [0.25, 0.3) is 5.91 Å². The van der Waals surface area contributed by atoms with Gasteiger partial charge < -0.3 is 10.6 Å².